The summed E-state index contributed by atoms with van der Waals surface area (Å²) in [4.78, 5) is 19.5. The molecule has 1 amide bonds. The van der Waals surface area contributed by atoms with Crippen LogP contribution in [0, 0.1) is 0 Å². The zero-order valence-electron chi connectivity index (χ0n) is 12.1. The van der Waals surface area contributed by atoms with Crippen molar-refractivity contribution < 1.29 is 9.21 Å². The maximum atomic E-state index is 12.8. The normalized spacial score (nSPS) is 20.9. The predicted octanol–water partition coefficient (Wildman–Crippen LogP) is 3.52. The van der Waals surface area contributed by atoms with Crippen LogP contribution in [0.2, 0.25) is 0 Å². The Balaban J connectivity index is 1.82. The minimum Gasteiger partial charge on any atom is -0.467 e. The molecule has 1 aliphatic carbocycles. The topological polar surface area (TPSA) is 45.8 Å². The molecule has 1 saturated carbocycles. The number of unbranched alkanes of at least 4 members (excludes halogenated alkanes) is 1. The molecule has 1 spiro atoms. The molecule has 0 N–H and O–H groups in total. The lowest BCUT2D eigenvalue weighted by Gasteiger charge is -2.21. The van der Waals surface area contributed by atoms with E-state index < -0.39 is 5.54 Å². The van der Waals surface area contributed by atoms with Gasteiger partial charge >= 0.3 is 0 Å². The molecule has 2 heterocycles. The number of amides is 1. The Morgan fingerprint density at radius 2 is 2.20 bits per heavy atom. The summed E-state index contributed by atoms with van der Waals surface area (Å²) in [6.07, 6.45) is 8.81. The van der Waals surface area contributed by atoms with Gasteiger partial charge in [-0.1, -0.05) is 26.2 Å². The number of furan rings is 1. The Morgan fingerprint density at radius 1 is 1.40 bits per heavy atom. The summed E-state index contributed by atoms with van der Waals surface area (Å²) < 4.78 is 5.40. The SMILES string of the molecule is CCCCC1=NC2(CCCC2)C(=O)N1Cc1ccco1. The fraction of sp³-hybridized carbons (Fsp3) is 0.625. The van der Waals surface area contributed by atoms with Gasteiger partial charge < -0.3 is 4.42 Å². The number of hydrogen-bond acceptors (Lipinski definition) is 3. The molecule has 1 fully saturated rings. The molecule has 1 aromatic rings. The lowest BCUT2D eigenvalue weighted by atomic mass is 9.98. The molecule has 20 heavy (non-hydrogen) atoms. The largest absolute Gasteiger partial charge is 0.467 e. The average Bonchev–Trinajstić information content (AvgIpc) is 3.16. The second-order valence-electron chi connectivity index (χ2n) is 5.84. The Hall–Kier alpha value is -1.58. The molecule has 3 rings (SSSR count). The van der Waals surface area contributed by atoms with Gasteiger partial charge in [0.1, 0.15) is 17.1 Å². The van der Waals surface area contributed by atoms with Crippen molar-refractivity contribution in [1.29, 1.82) is 0 Å². The number of amidine groups is 1. The summed E-state index contributed by atoms with van der Waals surface area (Å²) in [5.41, 5.74) is -0.435. The Morgan fingerprint density at radius 3 is 2.85 bits per heavy atom. The first kappa shape index (κ1) is 13.4. The van der Waals surface area contributed by atoms with Gasteiger partial charge in [-0.05, 0) is 31.4 Å². The highest BCUT2D eigenvalue weighted by atomic mass is 16.3. The summed E-state index contributed by atoms with van der Waals surface area (Å²) in [7, 11) is 0. The third-order valence-electron chi connectivity index (χ3n) is 4.38. The first-order valence-corrected chi connectivity index (χ1v) is 7.68. The summed E-state index contributed by atoms with van der Waals surface area (Å²) >= 11 is 0. The van der Waals surface area contributed by atoms with Crippen molar-refractivity contribution in [3.8, 4) is 0 Å². The molecule has 0 atom stereocenters. The van der Waals surface area contributed by atoms with Crippen LogP contribution in [-0.4, -0.2) is 22.2 Å². The van der Waals surface area contributed by atoms with E-state index in [9.17, 15) is 4.79 Å². The highest BCUT2D eigenvalue weighted by molar-refractivity contribution is 6.08. The van der Waals surface area contributed by atoms with Crippen molar-refractivity contribution in [2.75, 3.05) is 0 Å². The van der Waals surface area contributed by atoms with Crippen molar-refractivity contribution in [3.05, 3.63) is 24.2 Å². The molecule has 4 nitrogen and oxygen atoms in total. The van der Waals surface area contributed by atoms with Gasteiger partial charge in [0.15, 0.2) is 0 Å². The molecular weight excluding hydrogens is 252 g/mol. The summed E-state index contributed by atoms with van der Waals surface area (Å²) in [6.45, 7) is 2.69. The van der Waals surface area contributed by atoms with Crippen LogP contribution < -0.4 is 0 Å². The minimum atomic E-state index is -0.435. The van der Waals surface area contributed by atoms with Gasteiger partial charge in [0.25, 0.3) is 5.91 Å². The van der Waals surface area contributed by atoms with Gasteiger partial charge in [0.2, 0.25) is 0 Å². The van der Waals surface area contributed by atoms with E-state index in [-0.39, 0.29) is 5.91 Å². The van der Waals surface area contributed by atoms with E-state index in [0.717, 1.165) is 56.5 Å². The third-order valence-corrected chi connectivity index (χ3v) is 4.38. The van der Waals surface area contributed by atoms with Crippen LogP contribution in [0.5, 0.6) is 0 Å². The van der Waals surface area contributed by atoms with Crippen molar-refractivity contribution in [2.45, 2.75) is 64.0 Å². The Bertz CT molecular complexity index is 499. The zero-order valence-corrected chi connectivity index (χ0v) is 12.1. The summed E-state index contributed by atoms with van der Waals surface area (Å²) in [6, 6.07) is 3.79. The molecule has 0 unspecified atom stereocenters. The van der Waals surface area contributed by atoms with E-state index in [2.05, 4.69) is 6.92 Å². The van der Waals surface area contributed by atoms with Crippen LogP contribution in [-0.2, 0) is 11.3 Å². The monoisotopic (exact) mass is 274 g/mol. The maximum Gasteiger partial charge on any atom is 0.256 e. The second-order valence-corrected chi connectivity index (χ2v) is 5.84. The smallest absolute Gasteiger partial charge is 0.256 e. The van der Waals surface area contributed by atoms with E-state index in [1.165, 1.54) is 0 Å². The van der Waals surface area contributed by atoms with Gasteiger partial charge in [-0.2, -0.15) is 0 Å². The van der Waals surface area contributed by atoms with E-state index in [0.29, 0.717) is 6.54 Å². The fourth-order valence-electron chi connectivity index (χ4n) is 3.26. The van der Waals surface area contributed by atoms with Crippen molar-refractivity contribution >= 4 is 11.7 Å². The molecule has 1 aromatic heterocycles. The van der Waals surface area contributed by atoms with Gasteiger partial charge in [-0.15, -0.1) is 0 Å². The van der Waals surface area contributed by atoms with Gasteiger partial charge in [-0.3, -0.25) is 14.7 Å². The zero-order chi connectivity index (χ0) is 14.0. The quantitative estimate of drug-likeness (QED) is 0.824. The standard InChI is InChI=1S/C16H22N2O2/c1-2-3-8-14-17-16(9-4-5-10-16)15(19)18(14)12-13-7-6-11-20-13/h6-7,11H,2-5,8-10,12H2,1H3. The molecule has 0 radical (unpaired) electrons. The first-order chi connectivity index (χ1) is 9.75. The second kappa shape index (κ2) is 5.43. The molecule has 108 valence electrons. The van der Waals surface area contributed by atoms with E-state index >= 15 is 0 Å². The van der Waals surface area contributed by atoms with E-state index in [4.69, 9.17) is 9.41 Å². The van der Waals surface area contributed by atoms with Crippen molar-refractivity contribution in [3.63, 3.8) is 0 Å². The lowest BCUT2D eigenvalue weighted by Crippen LogP contribution is -2.40. The van der Waals surface area contributed by atoms with Crippen LogP contribution in [0.15, 0.2) is 27.8 Å². The van der Waals surface area contributed by atoms with Crippen LogP contribution in [0.4, 0.5) is 0 Å². The van der Waals surface area contributed by atoms with Gasteiger partial charge in [0.05, 0.1) is 12.8 Å². The molecule has 0 aromatic carbocycles. The highest BCUT2D eigenvalue weighted by Gasteiger charge is 2.49. The number of carbonyl (C=O) groups excluding carboxylic acids is 1. The first-order valence-electron chi connectivity index (χ1n) is 7.68. The predicted molar refractivity (Wildman–Crippen MR) is 77.4 cm³/mol. The van der Waals surface area contributed by atoms with Crippen LogP contribution in [0.25, 0.3) is 0 Å². The number of rotatable bonds is 5. The molecule has 4 heteroatoms. The highest BCUT2D eigenvalue weighted by Crippen LogP contribution is 2.40. The minimum absolute atomic E-state index is 0.192. The number of nitrogens with zero attached hydrogens (tertiary/aromatic N) is 2. The van der Waals surface area contributed by atoms with Crippen LogP contribution in [0.1, 0.15) is 57.6 Å². The van der Waals surface area contributed by atoms with Crippen molar-refractivity contribution in [2.24, 2.45) is 4.99 Å². The van der Waals surface area contributed by atoms with Gasteiger partial charge in [-0.25, -0.2) is 0 Å². The number of aliphatic imine (C=N–C) groups is 1. The molecule has 0 bridgehead atoms. The molecule has 0 saturated heterocycles. The number of carbonyl (C=O) groups is 1. The van der Waals surface area contributed by atoms with E-state index in [1.54, 1.807) is 6.26 Å². The number of hydrogen-bond donors (Lipinski definition) is 0. The third kappa shape index (κ3) is 2.28. The lowest BCUT2D eigenvalue weighted by molar-refractivity contribution is -0.131. The average molecular weight is 274 g/mol. The molecule has 2 aliphatic rings. The molecule has 1 aliphatic heterocycles. The fourth-order valence-corrected chi connectivity index (χ4v) is 3.26. The maximum absolute atomic E-state index is 12.8. The Kier molecular flexibility index (Phi) is 3.64. The van der Waals surface area contributed by atoms with Crippen LogP contribution >= 0.6 is 0 Å². The van der Waals surface area contributed by atoms with E-state index in [1.807, 2.05) is 17.0 Å². The molecular formula is C16H22N2O2. The van der Waals surface area contributed by atoms with Gasteiger partial charge in [0, 0.05) is 6.42 Å². The summed E-state index contributed by atoms with van der Waals surface area (Å²) in [5.74, 6) is 1.99. The van der Waals surface area contributed by atoms with Crippen molar-refractivity contribution in [1.82, 2.24) is 4.90 Å². The Labute approximate surface area is 119 Å². The summed E-state index contributed by atoms with van der Waals surface area (Å²) in [5, 5.41) is 0. The van der Waals surface area contributed by atoms with Crippen LogP contribution in [0.3, 0.4) is 0 Å².